The molecule has 3 rings (SSSR count). The van der Waals surface area contributed by atoms with Gasteiger partial charge in [-0.3, -0.25) is 0 Å². The first kappa shape index (κ1) is 16.3. The van der Waals surface area contributed by atoms with Crippen molar-refractivity contribution in [3.63, 3.8) is 0 Å². The molecule has 1 aliphatic rings. The zero-order valence-electron chi connectivity index (χ0n) is 14.2. The Morgan fingerprint density at radius 3 is 2.67 bits per heavy atom. The zero-order valence-corrected chi connectivity index (χ0v) is 14.2. The molecule has 1 heterocycles. The first-order chi connectivity index (χ1) is 11.7. The lowest BCUT2D eigenvalue weighted by atomic mass is 10.1. The number of nitrogen functional groups attached to an aromatic ring is 1. The van der Waals surface area contributed by atoms with E-state index in [-0.39, 0.29) is 6.10 Å². The fraction of sp³-hybridized carbons (Fsp3) is 0.368. The number of rotatable bonds is 6. The smallest absolute Gasteiger partial charge is 0.143 e. The van der Waals surface area contributed by atoms with Crippen molar-refractivity contribution in [2.24, 2.45) is 0 Å². The summed E-state index contributed by atoms with van der Waals surface area (Å²) in [6.45, 7) is 4.51. The van der Waals surface area contributed by atoms with E-state index >= 15 is 0 Å². The van der Waals surface area contributed by atoms with Crippen molar-refractivity contribution in [1.29, 1.82) is 0 Å². The molecule has 128 valence electrons. The van der Waals surface area contributed by atoms with Gasteiger partial charge in [0.2, 0.25) is 0 Å². The van der Waals surface area contributed by atoms with Crippen LogP contribution < -0.4 is 24.8 Å². The Morgan fingerprint density at radius 2 is 1.92 bits per heavy atom. The van der Waals surface area contributed by atoms with Gasteiger partial charge in [-0.2, -0.15) is 0 Å². The molecule has 5 nitrogen and oxygen atoms in total. The number of hydrogen-bond acceptors (Lipinski definition) is 5. The van der Waals surface area contributed by atoms with Gasteiger partial charge in [-0.05, 0) is 55.8 Å². The first-order valence-corrected chi connectivity index (χ1v) is 8.23. The molecule has 0 aromatic heterocycles. The van der Waals surface area contributed by atoms with Gasteiger partial charge in [0, 0.05) is 12.2 Å². The molecule has 1 unspecified atom stereocenters. The summed E-state index contributed by atoms with van der Waals surface area (Å²) in [5, 5.41) is 0. The Hall–Kier alpha value is -2.56. The quantitative estimate of drug-likeness (QED) is 0.651. The number of methoxy groups -OCH3 is 1. The van der Waals surface area contributed by atoms with Crippen molar-refractivity contribution in [2.45, 2.75) is 19.4 Å². The van der Waals surface area contributed by atoms with Crippen LogP contribution in [0.25, 0.3) is 0 Å². The molecule has 0 saturated heterocycles. The highest BCUT2D eigenvalue weighted by molar-refractivity contribution is 5.66. The molecule has 0 bridgehead atoms. The van der Waals surface area contributed by atoms with Crippen LogP contribution in [0.3, 0.4) is 0 Å². The van der Waals surface area contributed by atoms with Crippen LogP contribution in [0.2, 0.25) is 0 Å². The van der Waals surface area contributed by atoms with E-state index < -0.39 is 0 Å². The number of nitrogens with two attached hydrogens (primary N) is 1. The minimum atomic E-state index is 0.170. The fourth-order valence-corrected chi connectivity index (χ4v) is 2.87. The second kappa shape index (κ2) is 7.34. The van der Waals surface area contributed by atoms with Gasteiger partial charge in [-0.25, -0.2) is 0 Å². The molecule has 2 aromatic carbocycles. The Bertz CT molecular complexity index is 673. The highest BCUT2D eigenvalue weighted by atomic mass is 16.5. The van der Waals surface area contributed by atoms with E-state index in [1.54, 1.807) is 7.11 Å². The molecule has 0 aliphatic carbocycles. The summed E-state index contributed by atoms with van der Waals surface area (Å²) in [6, 6.07) is 13.4. The van der Waals surface area contributed by atoms with Gasteiger partial charge < -0.3 is 24.8 Å². The van der Waals surface area contributed by atoms with Crippen molar-refractivity contribution in [1.82, 2.24) is 0 Å². The fourth-order valence-electron chi connectivity index (χ4n) is 2.87. The van der Waals surface area contributed by atoms with Gasteiger partial charge in [0.05, 0.1) is 25.9 Å². The van der Waals surface area contributed by atoms with Crippen molar-refractivity contribution in [3.8, 4) is 17.2 Å². The summed E-state index contributed by atoms with van der Waals surface area (Å²) < 4.78 is 16.8. The lowest BCUT2D eigenvalue weighted by Gasteiger charge is -2.35. The Balaban J connectivity index is 1.54. The van der Waals surface area contributed by atoms with Crippen molar-refractivity contribution < 1.29 is 14.2 Å². The maximum absolute atomic E-state index is 5.92. The van der Waals surface area contributed by atoms with Crippen molar-refractivity contribution in [2.75, 3.05) is 37.4 Å². The second-order valence-corrected chi connectivity index (χ2v) is 5.98. The van der Waals surface area contributed by atoms with Gasteiger partial charge in [-0.1, -0.05) is 0 Å². The lowest BCUT2D eigenvalue weighted by molar-refractivity contribution is 0.211. The number of fused-ring (bicyclic) bond motifs is 1. The third-order valence-electron chi connectivity index (χ3n) is 4.03. The van der Waals surface area contributed by atoms with Crippen LogP contribution in [-0.2, 0) is 0 Å². The van der Waals surface area contributed by atoms with E-state index in [9.17, 15) is 0 Å². The molecule has 2 N–H and O–H groups in total. The number of benzene rings is 2. The molecule has 0 saturated carbocycles. The van der Waals surface area contributed by atoms with E-state index in [1.165, 1.54) is 0 Å². The summed E-state index contributed by atoms with van der Waals surface area (Å²) >= 11 is 0. The molecule has 1 atom stereocenters. The van der Waals surface area contributed by atoms with E-state index in [2.05, 4.69) is 11.8 Å². The van der Waals surface area contributed by atoms with Gasteiger partial charge in [0.15, 0.2) is 0 Å². The monoisotopic (exact) mass is 328 g/mol. The Kier molecular flexibility index (Phi) is 4.99. The van der Waals surface area contributed by atoms with Crippen LogP contribution in [0.5, 0.6) is 17.2 Å². The summed E-state index contributed by atoms with van der Waals surface area (Å²) in [5.41, 5.74) is 7.74. The van der Waals surface area contributed by atoms with Crippen LogP contribution in [0.4, 0.5) is 11.4 Å². The van der Waals surface area contributed by atoms with Crippen LogP contribution in [0.15, 0.2) is 42.5 Å². The highest BCUT2D eigenvalue weighted by Crippen LogP contribution is 2.35. The van der Waals surface area contributed by atoms with E-state index in [0.717, 1.165) is 48.1 Å². The molecule has 24 heavy (non-hydrogen) atoms. The first-order valence-electron chi connectivity index (χ1n) is 8.23. The minimum Gasteiger partial charge on any atom is -0.497 e. The van der Waals surface area contributed by atoms with Crippen molar-refractivity contribution >= 4 is 11.4 Å². The number of ether oxygens (including phenoxy) is 3. The lowest BCUT2D eigenvalue weighted by Crippen LogP contribution is -2.39. The summed E-state index contributed by atoms with van der Waals surface area (Å²) in [5.74, 6) is 2.59. The Morgan fingerprint density at radius 1 is 1.17 bits per heavy atom. The third kappa shape index (κ3) is 3.85. The Labute approximate surface area is 142 Å². The average Bonchev–Trinajstić information content (AvgIpc) is 2.59. The molecular formula is C19H24N2O3. The SMILES string of the molecule is COc1ccc(OCCCN2CC(C)Oc3ccc(N)cc32)cc1. The van der Waals surface area contributed by atoms with Gasteiger partial charge >= 0.3 is 0 Å². The van der Waals surface area contributed by atoms with E-state index in [0.29, 0.717) is 6.61 Å². The molecule has 0 radical (unpaired) electrons. The normalized spacial score (nSPS) is 16.2. The predicted octanol–water partition coefficient (Wildman–Crippen LogP) is 3.33. The topological polar surface area (TPSA) is 57.0 Å². The van der Waals surface area contributed by atoms with Gasteiger partial charge in [0.25, 0.3) is 0 Å². The number of hydrogen-bond donors (Lipinski definition) is 1. The summed E-state index contributed by atoms with van der Waals surface area (Å²) in [4.78, 5) is 2.32. The molecular weight excluding hydrogens is 304 g/mol. The molecule has 0 fully saturated rings. The molecule has 2 aromatic rings. The molecule has 0 spiro atoms. The summed E-state index contributed by atoms with van der Waals surface area (Å²) in [6.07, 6.45) is 1.09. The summed E-state index contributed by atoms with van der Waals surface area (Å²) in [7, 11) is 1.66. The number of nitrogens with zero attached hydrogens (tertiary/aromatic N) is 1. The zero-order chi connectivity index (χ0) is 16.9. The third-order valence-corrected chi connectivity index (χ3v) is 4.03. The predicted molar refractivity (Wildman–Crippen MR) is 96.3 cm³/mol. The maximum atomic E-state index is 5.92. The van der Waals surface area contributed by atoms with Crippen molar-refractivity contribution in [3.05, 3.63) is 42.5 Å². The second-order valence-electron chi connectivity index (χ2n) is 5.98. The highest BCUT2D eigenvalue weighted by Gasteiger charge is 2.22. The van der Waals surface area contributed by atoms with Crippen LogP contribution >= 0.6 is 0 Å². The van der Waals surface area contributed by atoms with Crippen LogP contribution in [0, 0.1) is 0 Å². The standard InChI is InChI=1S/C19H24N2O3/c1-14-13-21(18-12-15(20)4-9-19(18)24-14)10-3-11-23-17-7-5-16(22-2)6-8-17/h4-9,12,14H,3,10-11,13,20H2,1-2H3. The number of anilines is 2. The largest absolute Gasteiger partial charge is 0.497 e. The van der Waals surface area contributed by atoms with Crippen LogP contribution in [-0.4, -0.2) is 32.9 Å². The molecule has 0 amide bonds. The molecule has 5 heteroatoms. The van der Waals surface area contributed by atoms with Crippen LogP contribution in [0.1, 0.15) is 13.3 Å². The van der Waals surface area contributed by atoms with Gasteiger partial charge in [-0.15, -0.1) is 0 Å². The maximum Gasteiger partial charge on any atom is 0.143 e. The minimum absolute atomic E-state index is 0.170. The van der Waals surface area contributed by atoms with Gasteiger partial charge in [0.1, 0.15) is 23.4 Å². The molecule has 1 aliphatic heterocycles. The average molecular weight is 328 g/mol. The van der Waals surface area contributed by atoms with E-state index in [4.69, 9.17) is 19.9 Å². The van der Waals surface area contributed by atoms with E-state index in [1.807, 2.05) is 42.5 Å².